The molecule has 0 unspecified atom stereocenters. The van der Waals surface area contributed by atoms with Gasteiger partial charge in [-0.1, -0.05) is 0 Å². The van der Waals surface area contributed by atoms with Crippen molar-refractivity contribution in [3.8, 4) is 11.4 Å². The predicted molar refractivity (Wildman–Crippen MR) is 68.1 cm³/mol. The number of nitrogen functional groups attached to an aromatic ring is 1. The molecule has 0 aromatic carbocycles. The normalized spacial score (nSPS) is 18.6. The Labute approximate surface area is 103 Å². The van der Waals surface area contributed by atoms with E-state index in [1.807, 2.05) is 0 Å². The van der Waals surface area contributed by atoms with Crippen molar-refractivity contribution in [3.63, 3.8) is 0 Å². The average Bonchev–Trinajstić information content (AvgIpc) is 2.75. The van der Waals surface area contributed by atoms with E-state index in [0.29, 0.717) is 5.92 Å². The van der Waals surface area contributed by atoms with Crippen molar-refractivity contribution in [1.82, 2.24) is 15.2 Å². The molecule has 2 aromatic rings. The highest BCUT2D eigenvalue weighted by Gasteiger charge is 2.29. The number of aromatic amines is 1. The van der Waals surface area contributed by atoms with E-state index in [1.54, 1.807) is 11.3 Å². The highest BCUT2D eigenvalue weighted by atomic mass is 32.1. The summed E-state index contributed by atoms with van der Waals surface area (Å²) in [5.74, 6) is 2.46. The standard InChI is InChI=1S/C12H14N4S/c13-10-9(7-2-1-3-8(7)17-10)12-14-11(15-16-12)6-4-5-6/h6H,1-5,13H2,(H,14,15,16). The molecule has 0 atom stereocenters. The second-order valence-corrected chi connectivity index (χ2v) is 6.05. The van der Waals surface area contributed by atoms with E-state index >= 15 is 0 Å². The molecule has 2 aliphatic carbocycles. The fourth-order valence-corrected chi connectivity index (χ4v) is 3.75. The van der Waals surface area contributed by atoms with Gasteiger partial charge in [-0.05, 0) is 37.7 Å². The molecule has 0 bridgehead atoms. The third kappa shape index (κ3) is 1.42. The monoisotopic (exact) mass is 246 g/mol. The van der Waals surface area contributed by atoms with Crippen LogP contribution in [0.5, 0.6) is 0 Å². The topological polar surface area (TPSA) is 67.6 Å². The minimum absolute atomic E-state index is 0.615. The van der Waals surface area contributed by atoms with Crippen molar-refractivity contribution in [2.75, 3.05) is 5.73 Å². The van der Waals surface area contributed by atoms with Gasteiger partial charge >= 0.3 is 0 Å². The van der Waals surface area contributed by atoms with Crippen molar-refractivity contribution in [3.05, 3.63) is 16.3 Å². The highest BCUT2D eigenvalue weighted by Crippen LogP contribution is 2.43. The van der Waals surface area contributed by atoms with Gasteiger partial charge in [-0.2, -0.15) is 5.10 Å². The molecule has 5 heteroatoms. The maximum Gasteiger partial charge on any atom is 0.184 e. The molecule has 0 amide bonds. The lowest BCUT2D eigenvalue weighted by Crippen LogP contribution is -1.90. The number of H-pyrrole nitrogens is 1. The Morgan fingerprint density at radius 2 is 2.18 bits per heavy atom. The summed E-state index contributed by atoms with van der Waals surface area (Å²) in [5.41, 5.74) is 8.61. The average molecular weight is 246 g/mol. The van der Waals surface area contributed by atoms with Gasteiger partial charge in [-0.3, -0.25) is 5.10 Å². The minimum atomic E-state index is 0.615. The van der Waals surface area contributed by atoms with Gasteiger partial charge in [0.2, 0.25) is 0 Å². The molecule has 2 heterocycles. The second kappa shape index (κ2) is 3.32. The van der Waals surface area contributed by atoms with Crippen LogP contribution in [0.4, 0.5) is 5.00 Å². The van der Waals surface area contributed by atoms with Crippen molar-refractivity contribution < 1.29 is 0 Å². The maximum atomic E-state index is 6.11. The predicted octanol–water partition coefficient (Wildman–Crippen LogP) is 2.48. The van der Waals surface area contributed by atoms with Crippen LogP contribution in [0, 0.1) is 0 Å². The summed E-state index contributed by atoms with van der Waals surface area (Å²) in [7, 11) is 0. The smallest absolute Gasteiger partial charge is 0.184 e. The van der Waals surface area contributed by atoms with Gasteiger partial charge in [0, 0.05) is 10.8 Å². The van der Waals surface area contributed by atoms with Gasteiger partial charge in [0.1, 0.15) is 5.82 Å². The van der Waals surface area contributed by atoms with E-state index in [4.69, 9.17) is 5.73 Å². The molecule has 0 saturated heterocycles. The maximum absolute atomic E-state index is 6.11. The first-order valence-electron chi connectivity index (χ1n) is 6.15. The van der Waals surface area contributed by atoms with Crippen LogP contribution in [-0.2, 0) is 12.8 Å². The molecule has 2 aromatic heterocycles. The Balaban J connectivity index is 1.82. The summed E-state index contributed by atoms with van der Waals surface area (Å²) in [4.78, 5) is 6.05. The molecule has 17 heavy (non-hydrogen) atoms. The lowest BCUT2D eigenvalue weighted by atomic mass is 10.1. The molecule has 4 rings (SSSR count). The van der Waals surface area contributed by atoms with Gasteiger partial charge in [0.15, 0.2) is 5.82 Å². The fourth-order valence-electron chi connectivity index (χ4n) is 2.60. The van der Waals surface area contributed by atoms with E-state index < -0.39 is 0 Å². The van der Waals surface area contributed by atoms with E-state index in [2.05, 4.69) is 15.2 Å². The molecular weight excluding hydrogens is 232 g/mol. The Kier molecular flexibility index (Phi) is 1.88. The van der Waals surface area contributed by atoms with Gasteiger partial charge in [0.25, 0.3) is 0 Å². The zero-order valence-electron chi connectivity index (χ0n) is 9.49. The first kappa shape index (κ1) is 9.65. The largest absolute Gasteiger partial charge is 0.390 e. The van der Waals surface area contributed by atoms with E-state index in [9.17, 15) is 0 Å². The number of anilines is 1. The lowest BCUT2D eigenvalue weighted by Gasteiger charge is -1.97. The summed E-state index contributed by atoms with van der Waals surface area (Å²) in [6.45, 7) is 0. The van der Waals surface area contributed by atoms with Gasteiger partial charge in [0.05, 0.1) is 10.6 Å². The third-order valence-corrected chi connectivity index (χ3v) is 4.76. The van der Waals surface area contributed by atoms with Crippen LogP contribution in [0.3, 0.4) is 0 Å². The summed E-state index contributed by atoms with van der Waals surface area (Å²) in [6.07, 6.45) is 6.03. The number of aromatic nitrogens is 3. The zero-order chi connectivity index (χ0) is 11.4. The van der Waals surface area contributed by atoms with Crippen LogP contribution in [0.2, 0.25) is 0 Å². The molecule has 4 nitrogen and oxygen atoms in total. The molecular formula is C12H14N4S. The fraction of sp³-hybridized carbons (Fsp3) is 0.500. The highest BCUT2D eigenvalue weighted by molar-refractivity contribution is 7.16. The van der Waals surface area contributed by atoms with Crippen molar-refractivity contribution in [1.29, 1.82) is 0 Å². The Morgan fingerprint density at radius 3 is 3.00 bits per heavy atom. The molecule has 88 valence electrons. The first-order chi connectivity index (χ1) is 8.33. The molecule has 3 N–H and O–H groups in total. The Bertz CT molecular complexity index is 579. The number of nitrogens with zero attached hydrogens (tertiary/aromatic N) is 2. The summed E-state index contributed by atoms with van der Waals surface area (Å²) >= 11 is 1.72. The second-order valence-electron chi connectivity index (χ2n) is 4.92. The van der Waals surface area contributed by atoms with Crippen LogP contribution in [0.25, 0.3) is 11.4 Å². The van der Waals surface area contributed by atoms with Crippen LogP contribution in [0.15, 0.2) is 0 Å². The van der Waals surface area contributed by atoms with Crippen LogP contribution < -0.4 is 5.73 Å². The van der Waals surface area contributed by atoms with Gasteiger partial charge in [-0.15, -0.1) is 11.3 Å². The minimum Gasteiger partial charge on any atom is -0.390 e. The van der Waals surface area contributed by atoms with Crippen LogP contribution >= 0.6 is 11.3 Å². The summed E-state index contributed by atoms with van der Waals surface area (Å²) < 4.78 is 0. The van der Waals surface area contributed by atoms with Crippen LogP contribution in [0.1, 0.15) is 41.4 Å². The van der Waals surface area contributed by atoms with Crippen molar-refractivity contribution >= 4 is 16.3 Å². The number of hydrogen-bond donors (Lipinski definition) is 2. The van der Waals surface area contributed by atoms with E-state index in [0.717, 1.165) is 28.6 Å². The summed E-state index contributed by atoms with van der Waals surface area (Å²) in [6, 6.07) is 0. The third-order valence-electron chi connectivity index (χ3n) is 3.64. The zero-order valence-corrected chi connectivity index (χ0v) is 10.3. The van der Waals surface area contributed by atoms with Gasteiger partial charge in [-0.25, -0.2) is 4.98 Å². The lowest BCUT2D eigenvalue weighted by molar-refractivity contribution is 0.914. The number of hydrogen-bond acceptors (Lipinski definition) is 4. The Hall–Kier alpha value is -1.36. The van der Waals surface area contributed by atoms with E-state index in [1.165, 1.54) is 36.1 Å². The number of thiophene rings is 1. The van der Waals surface area contributed by atoms with Gasteiger partial charge < -0.3 is 5.73 Å². The molecule has 0 radical (unpaired) electrons. The van der Waals surface area contributed by atoms with Crippen molar-refractivity contribution in [2.24, 2.45) is 0 Å². The number of nitrogens with two attached hydrogens (primary N) is 1. The molecule has 0 spiro atoms. The molecule has 1 saturated carbocycles. The Morgan fingerprint density at radius 1 is 1.29 bits per heavy atom. The number of fused-ring (bicyclic) bond motifs is 1. The number of nitrogens with one attached hydrogen (secondary N) is 1. The quantitative estimate of drug-likeness (QED) is 0.855. The number of rotatable bonds is 2. The molecule has 0 aliphatic heterocycles. The SMILES string of the molecule is Nc1sc2c(c1-c1n[nH]c(C3CC3)n1)CCC2. The molecule has 2 aliphatic rings. The first-order valence-corrected chi connectivity index (χ1v) is 6.97. The molecule has 1 fully saturated rings. The van der Waals surface area contributed by atoms with Crippen LogP contribution in [-0.4, -0.2) is 15.2 Å². The summed E-state index contributed by atoms with van der Waals surface area (Å²) in [5, 5.41) is 8.30. The number of aryl methyl sites for hydroxylation is 1. The van der Waals surface area contributed by atoms with Crippen molar-refractivity contribution in [2.45, 2.75) is 38.0 Å². The van der Waals surface area contributed by atoms with E-state index in [-0.39, 0.29) is 0 Å².